The molecule has 2 unspecified atom stereocenters. The second-order valence-corrected chi connectivity index (χ2v) is 18.9. The minimum Gasteiger partial charge on any atom is -1.00 e. The first kappa shape index (κ1) is 44.7. The van der Waals surface area contributed by atoms with Crippen molar-refractivity contribution >= 4 is 18.5 Å². The van der Waals surface area contributed by atoms with Crippen LogP contribution in [0.15, 0.2) is 24.3 Å². The molecule has 6 rings (SSSR count). The topological polar surface area (TPSA) is 0 Å². The molecule has 0 radical (unpaired) electrons. The van der Waals surface area contributed by atoms with Gasteiger partial charge in [-0.25, -0.2) is 0 Å². The van der Waals surface area contributed by atoms with Gasteiger partial charge in [-0.3, -0.25) is 0 Å². The Kier molecular flexibility index (Phi) is 22.9. The third-order valence-corrected chi connectivity index (χ3v) is 16.1. The van der Waals surface area contributed by atoms with Crippen molar-refractivity contribution in [1.82, 2.24) is 0 Å². The third kappa shape index (κ3) is 13.5. The zero-order valence-corrected chi connectivity index (χ0v) is 35.6. The van der Waals surface area contributed by atoms with Crippen LogP contribution in [0.2, 0.25) is 0 Å². The Balaban J connectivity index is 0.000000307. The van der Waals surface area contributed by atoms with E-state index >= 15 is 0 Å². The minimum absolute atomic E-state index is 0. The molecular weight excluding hydrogens is 744 g/mol. The Bertz CT molecular complexity index is 735. The molecular formula is C42H74Cl2P2Pd. The first-order valence-corrected chi connectivity index (χ1v) is 21.7. The summed E-state index contributed by atoms with van der Waals surface area (Å²) < 4.78 is 0. The van der Waals surface area contributed by atoms with Crippen molar-refractivity contribution < 1.29 is 45.2 Å². The molecule has 6 saturated carbocycles. The molecule has 0 heterocycles. The van der Waals surface area contributed by atoms with Crippen LogP contribution in [0.25, 0.3) is 0 Å². The van der Waals surface area contributed by atoms with Crippen molar-refractivity contribution in [3.8, 4) is 0 Å². The molecule has 0 bridgehead atoms. The molecule has 6 fully saturated rings. The first-order valence-electron chi connectivity index (χ1n) is 20.5. The van der Waals surface area contributed by atoms with Gasteiger partial charge < -0.3 is 24.8 Å². The van der Waals surface area contributed by atoms with Gasteiger partial charge in [-0.2, -0.15) is 0 Å². The molecule has 47 heavy (non-hydrogen) atoms. The van der Waals surface area contributed by atoms with Crippen LogP contribution in [0.5, 0.6) is 0 Å². The molecule has 0 aliphatic heterocycles. The van der Waals surface area contributed by atoms with Gasteiger partial charge in [-0.1, -0.05) is 140 Å². The van der Waals surface area contributed by atoms with E-state index in [1.807, 2.05) is 0 Å². The Morgan fingerprint density at radius 1 is 0.319 bits per heavy atom. The molecule has 0 aromatic rings. The quantitative estimate of drug-likeness (QED) is 0.133. The Morgan fingerprint density at radius 2 is 0.511 bits per heavy atom. The van der Waals surface area contributed by atoms with Crippen molar-refractivity contribution in [1.29, 1.82) is 0 Å². The number of rotatable bonds is 8. The van der Waals surface area contributed by atoms with Crippen LogP contribution in [0.4, 0.5) is 0 Å². The molecule has 0 nitrogen and oxygen atoms in total. The Labute approximate surface area is 324 Å². The monoisotopic (exact) mass is 816 g/mol. The average molecular weight is 818 g/mol. The summed E-state index contributed by atoms with van der Waals surface area (Å²) in [5.74, 6) is 5.54. The summed E-state index contributed by atoms with van der Waals surface area (Å²) in [6.07, 6.45) is 55.0. The van der Waals surface area contributed by atoms with E-state index in [-0.39, 0.29) is 45.2 Å². The van der Waals surface area contributed by atoms with Crippen LogP contribution in [0.1, 0.15) is 193 Å². The van der Waals surface area contributed by atoms with Gasteiger partial charge in [0.2, 0.25) is 0 Å². The maximum atomic E-state index is 3.41. The van der Waals surface area contributed by atoms with E-state index in [2.05, 4.69) is 42.8 Å². The SMILES string of the molecule is PC(C=CC1CCCCC1)(C1CCCCC1)C1CCCCC1.PC(C=CC1CCCCC1)(C1CCCCC1)C1CCCCC1.[Cl-].[Cl-].[Pd+2]. The molecule has 6 aliphatic carbocycles. The van der Waals surface area contributed by atoms with Crippen molar-refractivity contribution in [2.75, 3.05) is 0 Å². The molecule has 6 aliphatic rings. The van der Waals surface area contributed by atoms with Gasteiger partial charge in [0.15, 0.2) is 0 Å². The van der Waals surface area contributed by atoms with Gasteiger partial charge in [-0.05, 0) is 113 Å². The molecule has 5 heteroatoms. The summed E-state index contributed by atoms with van der Waals surface area (Å²) in [7, 11) is 6.81. The van der Waals surface area contributed by atoms with Gasteiger partial charge in [-0.15, -0.1) is 18.5 Å². The molecule has 2 atom stereocenters. The Morgan fingerprint density at radius 3 is 0.723 bits per heavy atom. The van der Waals surface area contributed by atoms with Crippen LogP contribution in [0, 0.1) is 35.5 Å². The zero-order valence-electron chi connectivity index (χ0n) is 30.2. The number of allylic oxidation sites excluding steroid dienone is 4. The molecule has 0 aromatic carbocycles. The van der Waals surface area contributed by atoms with Crippen LogP contribution in [0.3, 0.4) is 0 Å². The van der Waals surface area contributed by atoms with Crippen molar-refractivity contribution in [2.24, 2.45) is 35.5 Å². The van der Waals surface area contributed by atoms with Crippen molar-refractivity contribution in [3.63, 3.8) is 0 Å². The van der Waals surface area contributed by atoms with E-state index in [4.69, 9.17) is 0 Å². The summed E-state index contributed by atoms with van der Waals surface area (Å²) in [6.45, 7) is 0. The number of hydrogen-bond donors (Lipinski definition) is 0. The fourth-order valence-electron chi connectivity index (χ4n) is 10.9. The number of hydrogen-bond acceptors (Lipinski definition) is 0. The molecule has 0 amide bonds. The van der Waals surface area contributed by atoms with Crippen molar-refractivity contribution in [2.45, 2.75) is 203 Å². The normalized spacial score (nSPS) is 25.7. The summed E-state index contributed by atoms with van der Waals surface area (Å²) in [4.78, 5) is 0. The van der Waals surface area contributed by atoms with E-state index in [1.54, 1.807) is 0 Å². The molecule has 0 saturated heterocycles. The standard InChI is InChI=1S/2C21H37P.2ClH.Pd/c2*22-21(19-12-6-2-7-13-19,20-14-8-3-9-15-20)17-16-18-10-4-1-5-11-18;;;/h2*16-20H,1-15,22H2;2*1H;/q;;;;+2/p-2. The molecule has 0 aromatic heterocycles. The summed E-state index contributed by atoms with van der Waals surface area (Å²) in [5.41, 5.74) is 0. The first-order chi connectivity index (χ1) is 21.6. The van der Waals surface area contributed by atoms with Gasteiger partial charge in [0.1, 0.15) is 0 Å². The second-order valence-electron chi connectivity index (χ2n) is 16.9. The summed E-state index contributed by atoms with van der Waals surface area (Å²) in [6, 6.07) is 0. The van der Waals surface area contributed by atoms with Crippen LogP contribution >= 0.6 is 18.5 Å². The minimum atomic E-state index is 0. The second kappa shape index (κ2) is 24.0. The fraction of sp³-hybridized carbons (Fsp3) is 0.905. The predicted molar refractivity (Wildman–Crippen MR) is 203 cm³/mol. The molecule has 0 N–H and O–H groups in total. The van der Waals surface area contributed by atoms with E-state index < -0.39 is 0 Å². The Hall–Kier alpha value is 1.58. The molecule has 0 spiro atoms. The average Bonchev–Trinajstić information content (AvgIpc) is 3.12. The van der Waals surface area contributed by atoms with Gasteiger partial charge in [0.05, 0.1) is 0 Å². The number of halogens is 2. The smallest absolute Gasteiger partial charge is 1.00 e. The maximum Gasteiger partial charge on any atom is 2.00 e. The molecule has 276 valence electrons. The van der Waals surface area contributed by atoms with E-state index in [0.29, 0.717) is 10.3 Å². The maximum absolute atomic E-state index is 3.41. The van der Waals surface area contributed by atoms with Crippen LogP contribution in [-0.2, 0) is 20.4 Å². The van der Waals surface area contributed by atoms with Gasteiger partial charge in [0.25, 0.3) is 0 Å². The van der Waals surface area contributed by atoms with E-state index in [1.165, 1.54) is 193 Å². The van der Waals surface area contributed by atoms with Gasteiger partial charge >= 0.3 is 20.4 Å². The van der Waals surface area contributed by atoms with E-state index in [0.717, 1.165) is 35.5 Å². The van der Waals surface area contributed by atoms with E-state index in [9.17, 15) is 0 Å². The van der Waals surface area contributed by atoms with Crippen molar-refractivity contribution in [3.05, 3.63) is 24.3 Å². The predicted octanol–water partition coefficient (Wildman–Crippen LogP) is 7.80. The largest absolute Gasteiger partial charge is 2.00 e. The van der Waals surface area contributed by atoms with Crippen LogP contribution < -0.4 is 24.8 Å². The van der Waals surface area contributed by atoms with Crippen LogP contribution in [-0.4, -0.2) is 10.3 Å². The summed E-state index contributed by atoms with van der Waals surface area (Å²) in [5, 5.41) is 0.858. The zero-order chi connectivity index (χ0) is 30.5. The third-order valence-electron chi connectivity index (χ3n) is 13.9. The fourth-order valence-corrected chi connectivity index (χ4v) is 12.4. The summed E-state index contributed by atoms with van der Waals surface area (Å²) >= 11 is 0. The van der Waals surface area contributed by atoms with Gasteiger partial charge in [0, 0.05) is 10.3 Å².